The number of nitrogens with zero attached hydrogens (tertiary/aromatic N) is 1. The van der Waals surface area contributed by atoms with Crippen molar-refractivity contribution in [3.8, 4) is 11.5 Å². The monoisotopic (exact) mass is 340 g/mol. The van der Waals surface area contributed by atoms with Gasteiger partial charge < -0.3 is 14.8 Å². The van der Waals surface area contributed by atoms with Gasteiger partial charge in [-0.3, -0.25) is 4.98 Å². The van der Waals surface area contributed by atoms with Crippen LogP contribution < -0.4 is 14.8 Å². The predicted octanol–water partition coefficient (Wildman–Crippen LogP) is 4.88. The Morgan fingerprint density at radius 2 is 1.92 bits per heavy atom. The van der Waals surface area contributed by atoms with Gasteiger partial charge in [-0.2, -0.15) is 0 Å². The number of ether oxygens (including phenoxy) is 2. The van der Waals surface area contributed by atoms with E-state index in [2.05, 4.69) is 11.4 Å². The number of aromatic nitrogens is 1. The molecule has 25 heavy (non-hydrogen) atoms. The zero-order valence-corrected chi connectivity index (χ0v) is 15.4. The minimum Gasteiger partial charge on any atom is -0.493 e. The normalized spacial score (nSPS) is 17.5. The summed E-state index contributed by atoms with van der Waals surface area (Å²) in [7, 11) is 1.71. The Morgan fingerprint density at radius 3 is 2.68 bits per heavy atom. The minimum absolute atomic E-state index is 0.585. The van der Waals surface area contributed by atoms with Gasteiger partial charge in [0.1, 0.15) is 0 Å². The van der Waals surface area contributed by atoms with E-state index in [1.807, 2.05) is 13.0 Å². The van der Waals surface area contributed by atoms with Crippen LogP contribution >= 0.6 is 0 Å². The van der Waals surface area contributed by atoms with E-state index >= 15 is 0 Å². The van der Waals surface area contributed by atoms with Crippen LogP contribution in [0.15, 0.2) is 12.1 Å². The lowest BCUT2D eigenvalue weighted by atomic mass is 9.94. The SMILES string of the molecule is CCOc1cc2nc3c(c(NC4CCCCC4)c2cc1OC)CCC3. The number of fused-ring (bicyclic) bond motifs is 2. The molecule has 2 aliphatic carbocycles. The van der Waals surface area contributed by atoms with Crippen molar-refractivity contribution in [1.29, 1.82) is 0 Å². The molecule has 1 N–H and O–H groups in total. The lowest BCUT2D eigenvalue weighted by molar-refractivity contribution is 0.311. The average Bonchev–Trinajstić information content (AvgIpc) is 3.10. The van der Waals surface area contributed by atoms with Gasteiger partial charge in [0.2, 0.25) is 0 Å². The molecule has 1 saturated carbocycles. The van der Waals surface area contributed by atoms with E-state index in [9.17, 15) is 0 Å². The molecule has 4 rings (SSSR count). The molecule has 0 aliphatic heterocycles. The van der Waals surface area contributed by atoms with Crippen LogP contribution in [-0.2, 0) is 12.8 Å². The van der Waals surface area contributed by atoms with Crippen molar-refractivity contribution in [3.63, 3.8) is 0 Å². The van der Waals surface area contributed by atoms with Crippen molar-refractivity contribution >= 4 is 16.6 Å². The number of aryl methyl sites for hydroxylation is 1. The number of benzene rings is 1. The van der Waals surface area contributed by atoms with Crippen molar-refractivity contribution in [2.45, 2.75) is 64.3 Å². The van der Waals surface area contributed by atoms with E-state index in [1.54, 1.807) is 7.11 Å². The summed E-state index contributed by atoms with van der Waals surface area (Å²) in [5.74, 6) is 1.58. The Kier molecular flexibility index (Phi) is 4.69. The third-order valence-corrected chi connectivity index (χ3v) is 5.55. The molecule has 134 valence electrons. The molecule has 1 aromatic carbocycles. The zero-order valence-electron chi connectivity index (χ0n) is 15.4. The van der Waals surface area contributed by atoms with Gasteiger partial charge in [0, 0.05) is 28.9 Å². The predicted molar refractivity (Wildman–Crippen MR) is 102 cm³/mol. The molecule has 1 aromatic heterocycles. The number of rotatable bonds is 5. The van der Waals surface area contributed by atoms with Crippen LogP contribution in [-0.4, -0.2) is 24.7 Å². The Bertz CT molecular complexity index is 766. The fourth-order valence-electron chi connectivity index (χ4n) is 4.31. The Hall–Kier alpha value is -1.97. The van der Waals surface area contributed by atoms with Crippen LogP contribution in [0.2, 0.25) is 0 Å². The molecular formula is C21H28N2O2. The summed E-state index contributed by atoms with van der Waals surface area (Å²) in [5.41, 5.74) is 5.00. The van der Waals surface area contributed by atoms with Crippen molar-refractivity contribution in [2.24, 2.45) is 0 Å². The van der Waals surface area contributed by atoms with E-state index in [4.69, 9.17) is 14.5 Å². The van der Waals surface area contributed by atoms with E-state index < -0.39 is 0 Å². The molecule has 2 aromatic rings. The first-order valence-electron chi connectivity index (χ1n) is 9.73. The van der Waals surface area contributed by atoms with Gasteiger partial charge in [0.25, 0.3) is 0 Å². The van der Waals surface area contributed by atoms with E-state index in [-0.39, 0.29) is 0 Å². The third kappa shape index (κ3) is 3.14. The highest BCUT2D eigenvalue weighted by atomic mass is 16.5. The molecule has 2 aliphatic rings. The first-order valence-corrected chi connectivity index (χ1v) is 9.73. The van der Waals surface area contributed by atoms with Crippen LogP contribution in [0.4, 0.5) is 5.69 Å². The highest BCUT2D eigenvalue weighted by Gasteiger charge is 2.23. The number of hydrogen-bond donors (Lipinski definition) is 1. The van der Waals surface area contributed by atoms with Crippen molar-refractivity contribution in [2.75, 3.05) is 19.0 Å². The van der Waals surface area contributed by atoms with Crippen molar-refractivity contribution in [1.82, 2.24) is 4.98 Å². The first kappa shape index (κ1) is 16.5. The van der Waals surface area contributed by atoms with Gasteiger partial charge in [-0.05, 0) is 50.7 Å². The lowest BCUT2D eigenvalue weighted by Crippen LogP contribution is -2.23. The largest absolute Gasteiger partial charge is 0.493 e. The fourth-order valence-corrected chi connectivity index (χ4v) is 4.31. The van der Waals surface area contributed by atoms with Gasteiger partial charge in [0.15, 0.2) is 11.5 Å². The summed E-state index contributed by atoms with van der Waals surface area (Å²) in [6.45, 7) is 2.62. The highest BCUT2D eigenvalue weighted by Crippen LogP contribution is 2.40. The smallest absolute Gasteiger partial charge is 0.163 e. The van der Waals surface area contributed by atoms with E-state index in [1.165, 1.54) is 60.9 Å². The van der Waals surface area contributed by atoms with Gasteiger partial charge in [-0.1, -0.05) is 19.3 Å². The van der Waals surface area contributed by atoms with Gasteiger partial charge in [-0.15, -0.1) is 0 Å². The molecule has 0 saturated heterocycles. The topological polar surface area (TPSA) is 43.4 Å². The molecule has 1 heterocycles. The summed E-state index contributed by atoms with van der Waals surface area (Å²) in [6, 6.07) is 4.74. The maximum Gasteiger partial charge on any atom is 0.163 e. The summed E-state index contributed by atoms with van der Waals surface area (Å²) >= 11 is 0. The number of anilines is 1. The Balaban J connectivity index is 1.83. The molecule has 4 heteroatoms. The molecule has 0 radical (unpaired) electrons. The van der Waals surface area contributed by atoms with Crippen LogP contribution in [0.25, 0.3) is 10.9 Å². The maximum atomic E-state index is 5.76. The molecule has 0 unspecified atom stereocenters. The Morgan fingerprint density at radius 1 is 1.08 bits per heavy atom. The number of hydrogen-bond acceptors (Lipinski definition) is 4. The molecule has 1 fully saturated rings. The van der Waals surface area contributed by atoms with Crippen molar-refractivity contribution in [3.05, 3.63) is 23.4 Å². The molecule has 0 bridgehead atoms. The van der Waals surface area contributed by atoms with Crippen molar-refractivity contribution < 1.29 is 9.47 Å². The summed E-state index contributed by atoms with van der Waals surface area (Å²) in [6.07, 6.45) is 10.00. The highest BCUT2D eigenvalue weighted by molar-refractivity contribution is 5.96. The quantitative estimate of drug-likeness (QED) is 0.843. The Labute approximate surface area is 149 Å². The molecule has 0 atom stereocenters. The lowest BCUT2D eigenvalue weighted by Gasteiger charge is -2.26. The van der Waals surface area contributed by atoms with Gasteiger partial charge in [-0.25, -0.2) is 0 Å². The van der Waals surface area contributed by atoms with Crippen LogP contribution in [0.5, 0.6) is 11.5 Å². The molecule has 0 amide bonds. The zero-order chi connectivity index (χ0) is 17.2. The summed E-state index contributed by atoms with van der Waals surface area (Å²) in [4.78, 5) is 4.95. The molecule has 0 spiro atoms. The molecule has 4 nitrogen and oxygen atoms in total. The minimum atomic E-state index is 0.585. The van der Waals surface area contributed by atoms with Crippen LogP contribution in [0.1, 0.15) is 56.7 Å². The maximum absolute atomic E-state index is 5.76. The second-order valence-corrected chi connectivity index (χ2v) is 7.20. The molecular weight excluding hydrogens is 312 g/mol. The van der Waals surface area contributed by atoms with Gasteiger partial charge >= 0.3 is 0 Å². The standard InChI is InChI=1S/C21H28N2O2/c1-3-25-20-13-18-16(12-19(20)24-2)21(15-10-7-11-17(15)23-18)22-14-8-5-4-6-9-14/h12-14H,3-11H2,1-2H3,(H,22,23). The summed E-state index contributed by atoms with van der Waals surface area (Å²) < 4.78 is 11.3. The van der Waals surface area contributed by atoms with Crippen LogP contribution in [0.3, 0.4) is 0 Å². The number of pyridine rings is 1. The fraction of sp³-hybridized carbons (Fsp3) is 0.571. The number of nitrogens with one attached hydrogen (secondary N) is 1. The van der Waals surface area contributed by atoms with E-state index in [0.717, 1.165) is 29.9 Å². The van der Waals surface area contributed by atoms with E-state index in [0.29, 0.717) is 12.6 Å². The summed E-state index contributed by atoms with van der Waals surface area (Å²) in [5, 5.41) is 5.06. The third-order valence-electron chi connectivity index (χ3n) is 5.55. The van der Waals surface area contributed by atoms with Gasteiger partial charge in [0.05, 0.1) is 19.2 Å². The second kappa shape index (κ2) is 7.11. The number of methoxy groups -OCH3 is 1. The first-order chi connectivity index (χ1) is 12.3. The second-order valence-electron chi connectivity index (χ2n) is 7.20. The average molecular weight is 340 g/mol. The van der Waals surface area contributed by atoms with Crippen LogP contribution in [0, 0.1) is 0 Å².